The van der Waals surface area contributed by atoms with Gasteiger partial charge >= 0.3 is 12.1 Å². The molecule has 6 rings (SSSR count). The number of methoxy groups -OCH3 is 1. The molecule has 3 fully saturated rings. The van der Waals surface area contributed by atoms with Crippen LogP contribution in [0.4, 0.5) is 9.18 Å². The second-order valence-electron chi connectivity index (χ2n) is 9.32. The lowest BCUT2D eigenvalue weighted by Crippen LogP contribution is -2.58. The Morgan fingerprint density at radius 2 is 1.92 bits per heavy atom. The molecule has 2 unspecified atom stereocenters. The van der Waals surface area contributed by atoms with E-state index in [1.54, 1.807) is 11.0 Å². The lowest BCUT2D eigenvalue weighted by molar-refractivity contribution is -0.109. The SMILES string of the molecule is COC(=O)c1ccc(-c2csc3c(OC4C5COCC4CN(C(=O)OC4CC4)C5)ncnc23)c(F)c1. The van der Waals surface area contributed by atoms with Crippen LogP contribution < -0.4 is 4.74 Å². The van der Waals surface area contributed by atoms with Crippen molar-refractivity contribution >= 4 is 33.6 Å². The van der Waals surface area contributed by atoms with E-state index in [1.165, 1.54) is 30.8 Å². The van der Waals surface area contributed by atoms with Gasteiger partial charge < -0.3 is 23.8 Å². The van der Waals surface area contributed by atoms with Crippen molar-refractivity contribution in [2.75, 3.05) is 33.4 Å². The number of amides is 1. The van der Waals surface area contributed by atoms with Gasteiger partial charge in [-0.3, -0.25) is 0 Å². The normalized spacial score (nSPS) is 23.4. The van der Waals surface area contributed by atoms with E-state index < -0.39 is 11.8 Å². The number of likely N-dealkylation sites (tertiary alicyclic amines) is 1. The summed E-state index contributed by atoms with van der Waals surface area (Å²) in [6.45, 7) is 1.95. The number of carbonyl (C=O) groups excluding carboxylic acids is 2. The molecule has 9 nitrogen and oxygen atoms in total. The molecule has 0 spiro atoms. The maximum Gasteiger partial charge on any atom is 0.410 e. The summed E-state index contributed by atoms with van der Waals surface area (Å²) >= 11 is 1.37. The Morgan fingerprint density at radius 3 is 2.61 bits per heavy atom. The quantitative estimate of drug-likeness (QED) is 0.474. The molecular formula is C25H24FN3O6S. The average Bonchev–Trinajstić information content (AvgIpc) is 3.58. The fraction of sp³-hybridized carbons (Fsp3) is 0.440. The van der Waals surface area contributed by atoms with Crippen LogP contribution in [0.3, 0.4) is 0 Å². The third kappa shape index (κ3) is 4.26. The minimum absolute atomic E-state index is 0.0167. The number of fused-ring (bicyclic) bond motifs is 3. The predicted molar refractivity (Wildman–Crippen MR) is 127 cm³/mol. The van der Waals surface area contributed by atoms with E-state index in [9.17, 15) is 14.0 Å². The van der Waals surface area contributed by atoms with Gasteiger partial charge in [-0.15, -0.1) is 11.3 Å². The zero-order valence-corrected chi connectivity index (χ0v) is 20.3. The highest BCUT2D eigenvalue weighted by Crippen LogP contribution is 2.40. The number of piperidine rings is 1. The molecule has 2 aliphatic heterocycles. The van der Waals surface area contributed by atoms with Crippen LogP contribution in [-0.2, 0) is 14.2 Å². The van der Waals surface area contributed by atoms with E-state index in [2.05, 4.69) is 14.7 Å². The number of ether oxygens (including phenoxy) is 4. The third-order valence-electron chi connectivity index (χ3n) is 6.80. The summed E-state index contributed by atoms with van der Waals surface area (Å²) in [5, 5.41) is 1.81. The summed E-state index contributed by atoms with van der Waals surface area (Å²) in [5.74, 6) is -0.751. The van der Waals surface area contributed by atoms with Gasteiger partial charge in [0.1, 0.15) is 29.1 Å². The number of esters is 1. The lowest BCUT2D eigenvalue weighted by Gasteiger charge is -2.45. The van der Waals surface area contributed by atoms with Crippen molar-refractivity contribution < 1.29 is 32.9 Å². The van der Waals surface area contributed by atoms with Gasteiger partial charge in [-0.2, -0.15) is 0 Å². The monoisotopic (exact) mass is 513 g/mol. The lowest BCUT2D eigenvalue weighted by atomic mass is 9.84. The molecule has 1 amide bonds. The van der Waals surface area contributed by atoms with Crippen LogP contribution in [0.5, 0.6) is 5.88 Å². The van der Waals surface area contributed by atoms with E-state index in [0.29, 0.717) is 53.5 Å². The molecule has 2 bridgehead atoms. The Hall–Kier alpha value is -3.31. The summed E-state index contributed by atoms with van der Waals surface area (Å²) in [5.41, 5.74) is 1.63. The summed E-state index contributed by atoms with van der Waals surface area (Å²) in [6.07, 6.45) is 2.90. The van der Waals surface area contributed by atoms with Gasteiger partial charge in [-0.25, -0.2) is 23.9 Å². The average molecular weight is 514 g/mol. The zero-order chi connectivity index (χ0) is 24.8. The van der Waals surface area contributed by atoms with Crippen molar-refractivity contribution in [1.82, 2.24) is 14.9 Å². The molecule has 1 aromatic carbocycles. The van der Waals surface area contributed by atoms with Gasteiger partial charge in [0.2, 0.25) is 5.88 Å². The number of hydrogen-bond donors (Lipinski definition) is 0. The van der Waals surface area contributed by atoms with Gasteiger partial charge in [0.15, 0.2) is 0 Å². The molecular weight excluding hydrogens is 489 g/mol. The zero-order valence-electron chi connectivity index (χ0n) is 19.5. The highest BCUT2D eigenvalue weighted by atomic mass is 32.1. The number of benzene rings is 1. The Bertz CT molecular complexity index is 1310. The van der Waals surface area contributed by atoms with Crippen molar-refractivity contribution in [2.45, 2.75) is 25.0 Å². The molecule has 2 atom stereocenters. The predicted octanol–water partition coefficient (Wildman–Crippen LogP) is 3.91. The van der Waals surface area contributed by atoms with E-state index >= 15 is 0 Å². The summed E-state index contributed by atoms with van der Waals surface area (Å²) in [6, 6.07) is 4.23. The highest BCUT2D eigenvalue weighted by molar-refractivity contribution is 7.18. The van der Waals surface area contributed by atoms with Crippen LogP contribution in [-0.4, -0.2) is 72.6 Å². The molecule has 0 radical (unpaired) electrons. The second kappa shape index (κ2) is 9.29. The fourth-order valence-corrected chi connectivity index (χ4v) is 5.81. The van der Waals surface area contributed by atoms with Crippen molar-refractivity contribution in [3.63, 3.8) is 0 Å². The number of thiophene rings is 1. The summed E-state index contributed by atoms with van der Waals surface area (Å²) < 4.78 is 38.0. The first-order chi connectivity index (χ1) is 17.5. The largest absolute Gasteiger partial charge is 0.472 e. The van der Waals surface area contributed by atoms with Crippen molar-refractivity contribution in [3.8, 4) is 17.0 Å². The number of halogens is 1. The summed E-state index contributed by atoms with van der Waals surface area (Å²) in [7, 11) is 1.25. The second-order valence-corrected chi connectivity index (χ2v) is 10.2. The first kappa shape index (κ1) is 23.1. The number of carbonyl (C=O) groups is 2. The molecule has 2 aromatic heterocycles. The van der Waals surface area contributed by atoms with Gasteiger partial charge in [0.05, 0.1) is 31.4 Å². The van der Waals surface area contributed by atoms with Gasteiger partial charge in [-0.1, -0.05) is 6.07 Å². The Kier molecular flexibility index (Phi) is 5.96. The van der Waals surface area contributed by atoms with Gasteiger partial charge in [0, 0.05) is 41.4 Å². The van der Waals surface area contributed by atoms with E-state index in [4.69, 9.17) is 14.2 Å². The minimum Gasteiger partial charge on any atom is -0.472 e. The van der Waals surface area contributed by atoms with Crippen LogP contribution in [0.1, 0.15) is 23.2 Å². The molecule has 36 heavy (non-hydrogen) atoms. The number of aromatic nitrogens is 2. The van der Waals surface area contributed by atoms with E-state index in [1.807, 2.05) is 5.38 Å². The van der Waals surface area contributed by atoms with Crippen LogP contribution in [0.25, 0.3) is 21.3 Å². The van der Waals surface area contributed by atoms with Gasteiger partial charge in [-0.05, 0) is 25.0 Å². The van der Waals surface area contributed by atoms with Crippen LogP contribution >= 0.6 is 11.3 Å². The van der Waals surface area contributed by atoms with E-state index in [0.717, 1.165) is 18.9 Å². The van der Waals surface area contributed by atoms with Crippen LogP contribution in [0.2, 0.25) is 0 Å². The van der Waals surface area contributed by atoms with Crippen LogP contribution in [0, 0.1) is 17.7 Å². The molecule has 3 aliphatic rings. The summed E-state index contributed by atoms with van der Waals surface area (Å²) in [4.78, 5) is 34.8. The van der Waals surface area contributed by atoms with E-state index in [-0.39, 0.29) is 35.7 Å². The van der Waals surface area contributed by atoms with Crippen LogP contribution in [0.15, 0.2) is 29.9 Å². The number of hydrogen-bond acceptors (Lipinski definition) is 9. The third-order valence-corrected chi connectivity index (χ3v) is 7.76. The fourth-order valence-electron chi connectivity index (χ4n) is 4.86. The van der Waals surface area contributed by atoms with Crippen molar-refractivity contribution in [2.24, 2.45) is 11.8 Å². The first-order valence-corrected chi connectivity index (χ1v) is 12.7. The Balaban J connectivity index is 1.25. The molecule has 4 heterocycles. The molecule has 1 saturated carbocycles. The van der Waals surface area contributed by atoms with Crippen molar-refractivity contribution in [3.05, 3.63) is 41.3 Å². The standard InChI is InChI=1S/C25H24FN3O6S/c1-32-24(30)13-2-5-17(19(26)6-13)18-11-36-22-20(18)27-12-28-23(22)35-21-14-7-29(8-15(21)10-33-9-14)25(31)34-16-3-4-16/h2,5-6,11-12,14-16,21H,3-4,7-10H2,1H3. The molecule has 3 aromatic rings. The Labute approximate surface area is 210 Å². The number of rotatable bonds is 5. The smallest absolute Gasteiger partial charge is 0.410 e. The molecule has 1 aliphatic carbocycles. The number of nitrogens with zero attached hydrogens (tertiary/aromatic N) is 3. The molecule has 188 valence electrons. The topological polar surface area (TPSA) is 100 Å². The first-order valence-electron chi connectivity index (χ1n) is 11.8. The minimum atomic E-state index is -0.602. The van der Waals surface area contributed by atoms with Crippen molar-refractivity contribution in [1.29, 1.82) is 0 Å². The molecule has 11 heteroatoms. The Morgan fingerprint density at radius 1 is 1.14 bits per heavy atom. The molecule has 2 saturated heterocycles. The molecule has 0 N–H and O–H groups in total. The highest BCUT2D eigenvalue weighted by Gasteiger charge is 2.45. The van der Waals surface area contributed by atoms with Gasteiger partial charge in [0.25, 0.3) is 0 Å². The maximum atomic E-state index is 14.9. The maximum absolute atomic E-state index is 14.9.